The average molecular weight is 387 g/mol. The second kappa shape index (κ2) is 9.32. The highest BCUT2D eigenvalue weighted by Gasteiger charge is 2.09. The molecule has 0 aliphatic rings. The van der Waals surface area contributed by atoms with E-state index in [1.165, 1.54) is 6.21 Å². The minimum atomic E-state index is -0.346. The van der Waals surface area contributed by atoms with Gasteiger partial charge in [-0.25, -0.2) is 5.43 Å². The monoisotopic (exact) mass is 387 g/mol. The fourth-order valence-electron chi connectivity index (χ4n) is 2.68. The molecule has 0 spiro atoms. The molecule has 0 fully saturated rings. The number of anilines is 1. The van der Waals surface area contributed by atoms with Gasteiger partial charge in [-0.15, -0.1) is 0 Å². The summed E-state index contributed by atoms with van der Waals surface area (Å²) in [5.41, 5.74) is 5.83. The second-order valence-electron chi connectivity index (χ2n) is 6.32. The van der Waals surface area contributed by atoms with E-state index >= 15 is 0 Å². The van der Waals surface area contributed by atoms with Gasteiger partial charge in [-0.1, -0.05) is 30.3 Å². The molecule has 3 rings (SSSR count). The van der Waals surface area contributed by atoms with Crippen molar-refractivity contribution < 1.29 is 14.3 Å². The van der Waals surface area contributed by atoms with Crippen LogP contribution in [0.3, 0.4) is 0 Å². The van der Waals surface area contributed by atoms with Gasteiger partial charge in [0.2, 0.25) is 0 Å². The lowest BCUT2D eigenvalue weighted by Gasteiger charge is -2.08. The van der Waals surface area contributed by atoms with Crippen molar-refractivity contribution in [3.63, 3.8) is 0 Å². The Bertz CT molecular complexity index is 1040. The van der Waals surface area contributed by atoms with Crippen molar-refractivity contribution in [1.82, 2.24) is 5.43 Å². The van der Waals surface area contributed by atoms with Gasteiger partial charge in [-0.05, 0) is 60.5 Å². The molecular weight excluding hydrogens is 366 g/mol. The first-order valence-corrected chi connectivity index (χ1v) is 9.01. The molecule has 146 valence electrons. The maximum atomic E-state index is 12.4. The quantitative estimate of drug-likeness (QED) is 0.495. The largest absolute Gasteiger partial charge is 0.497 e. The van der Waals surface area contributed by atoms with E-state index in [1.54, 1.807) is 37.4 Å². The Morgan fingerprint density at radius 1 is 0.931 bits per heavy atom. The molecule has 6 heteroatoms. The van der Waals surface area contributed by atoms with E-state index in [2.05, 4.69) is 15.8 Å². The summed E-state index contributed by atoms with van der Waals surface area (Å²) in [7, 11) is 1.59. The van der Waals surface area contributed by atoms with Crippen molar-refractivity contribution in [3.8, 4) is 5.75 Å². The smallest absolute Gasteiger partial charge is 0.271 e. The number of benzene rings is 3. The Balaban J connectivity index is 1.59. The molecule has 29 heavy (non-hydrogen) atoms. The van der Waals surface area contributed by atoms with Gasteiger partial charge in [0.1, 0.15) is 5.75 Å². The SMILES string of the molecule is COc1cccc(C=NNC(=O)c2ccc(NC(=O)c3ccccc3C)cc2)c1. The van der Waals surface area contributed by atoms with E-state index in [9.17, 15) is 9.59 Å². The molecule has 0 unspecified atom stereocenters. The van der Waals surface area contributed by atoms with Crippen molar-refractivity contribution in [3.05, 3.63) is 95.1 Å². The second-order valence-corrected chi connectivity index (χ2v) is 6.32. The topological polar surface area (TPSA) is 79.8 Å². The fraction of sp³-hybridized carbons (Fsp3) is 0.0870. The highest BCUT2D eigenvalue weighted by Crippen LogP contribution is 2.14. The predicted molar refractivity (Wildman–Crippen MR) is 114 cm³/mol. The van der Waals surface area contributed by atoms with Crippen LogP contribution in [0.4, 0.5) is 5.69 Å². The van der Waals surface area contributed by atoms with Crippen LogP contribution >= 0.6 is 0 Å². The highest BCUT2D eigenvalue weighted by atomic mass is 16.5. The molecule has 6 nitrogen and oxygen atoms in total. The number of hydrogen-bond acceptors (Lipinski definition) is 4. The number of carbonyl (C=O) groups excluding carboxylic acids is 2. The zero-order chi connectivity index (χ0) is 20.6. The Kier molecular flexibility index (Phi) is 6.37. The summed E-state index contributed by atoms with van der Waals surface area (Å²) in [4.78, 5) is 24.6. The number of nitrogens with one attached hydrogen (secondary N) is 2. The number of hydrazone groups is 1. The van der Waals surface area contributed by atoms with E-state index in [0.29, 0.717) is 22.6 Å². The molecule has 0 atom stereocenters. The minimum Gasteiger partial charge on any atom is -0.497 e. The maximum absolute atomic E-state index is 12.4. The lowest BCUT2D eigenvalue weighted by molar-refractivity contribution is 0.0954. The zero-order valence-electron chi connectivity index (χ0n) is 16.2. The number of carbonyl (C=O) groups is 2. The third-order valence-corrected chi connectivity index (χ3v) is 4.27. The summed E-state index contributed by atoms with van der Waals surface area (Å²) < 4.78 is 5.15. The van der Waals surface area contributed by atoms with Gasteiger partial charge in [0.25, 0.3) is 11.8 Å². The molecule has 0 aliphatic carbocycles. The number of amides is 2. The van der Waals surface area contributed by atoms with Crippen LogP contribution < -0.4 is 15.5 Å². The number of methoxy groups -OCH3 is 1. The number of nitrogens with zero attached hydrogens (tertiary/aromatic N) is 1. The third-order valence-electron chi connectivity index (χ3n) is 4.27. The predicted octanol–water partition coefficient (Wildman–Crippen LogP) is 4.02. The van der Waals surface area contributed by atoms with E-state index in [1.807, 2.05) is 49.4 Å². The van der Waals surface area contributed by atoms with Gasteiger partial charge in [-0.2, -0.15) is 5.10 Å². The molecule has 3 aromatic carbocycles. The summed E-state index contributed by atoms with van der Waals surface area (Å²) in [5, 5.41) is 6.79. The van der Waals surface area contributed by atoms with Crippen molar-refractivity contribution in [2.75, 3.05) is 12.4 Å². The van der Waals surface area contributed by atoms with Crippen LogP contribution in [0.5, 0.6) is 5.75 Å². The molecule has 0 aromatic heterocycles. The molecule has 0 saturated carbocycles. The summed E-state index contributed by atoms with van der Waals surface area (Å²) in [6, 6.07) is 21.3. The van der Waals surface area contributed by atoms with Crippen LogP contribution in [0.15, 0.2) is 77.9 Å². The Hall–Kier alpha value is -3.93. The van der Waals surface area contributed by atoms with Crippen LogP contribution in [0.25, 0.3) is 0 Å². The summed E-state index contributed by atoms with van der Waals surface area (Å²) in [6.45, 7) is 1.88. The number of aryl methyl sites for hydroxylation is 1. The minimum absolute atomic E-state index is 0.191. The zero-order valence-corrected chi connectivity index (χ0v) is 16.2. The van der Waals surface area contributed by atoms with E-state index in [4.69, 9.17) is 4.74 Å². The molecule has 0 radical (unpaired) electrons. The van der Waals surface area contributed by atoms with Crippen molar-refractivity contribution in [2.45, 2.75) is 6.92 Å². The summed E-state index contributed by atoms with van der Waals surface area (Å²) in [6.07, 6.45) is 1.54. The summed E-state index contributed by atoms with van der Waals surface area (Å²) >= 11 is 0. The fourth-order valence-corrected chi connectivity index (χ4v) is 2.68. The highest BCUT2D eigenvalue weighted by molar-refractivity contribution is 6.05. The van der Waals surface area contributed by atoms with Gasteiger partial charge in [0.15, 0.2) is 0 Å². The van der Waals surface area contributed by atoms with Crippen molar-refractivity contribution >= 4 is 23.7 Å². The standard InChI is InChI=1S/C23H21N3O3/c1-16-6-3-4-9-21(16)23(28)25-19-12-10-18(11-13-19)22(27)26-24-15-17-7-5-8-20(14-17)29-2/h3-15H,1-2H3,(H,25,28)(H,26,27). The van der Waals surface area contributed by atoms with E-state index < -0.39 is 0 Å². The first-order valence-electron chi connectivity index (χ1n) is 9.01. The first-order chi connectivity index (χ1) is 14.1. The van der Waals surface area contributed by atoms with Crippen LogP contribution in [-0.4, -0.2) is 25.1 Å². The van der Waals surface area contributed by atoms with Gasteiger partial charge in [-0.3, -0.25) is 9.59 Å². The Morgan fingerprint density at radius 3 is 2.41 bits per heavy atom. The molecule has 0 heterocycles. The van der Waals surface area contributed by atoms with Gasteiger partial charge < -0.3 is 10.1 Å². The van der Waals surface area contributed by atoms with Gasteiger partial charge in [0.05, 0.1) is 13.3 Å². The van der Waals surface area contributed by atoms with E-state index in [-0.39, 0.29) is 11.8 Å². The van der Waals surface area contributed by atoms with Gasteiger partial charge >= 0.3 is 0 Å². The van der Waals surface area contributed by atoms with Crippen LogP contribution in [0.2, 0.25) is 0 Å². The normalized spacial score (nSPS) is 10.6. The lowest BCUT2D eigenvalue weighted by Crippen LogP contribution is -2.18. The number of ether oxygens (including phenoxy) is 1. The molecule has 2 amide bonds. The molecule has 0 saturated heterocycles. The van der Waals surface area contributed by atoms with Crippen molar-refractivity contribution in [1.29, 1.82) is 0 Å². The van der Waals surface area contributed by atoms with Crippen LogP contribution in [-0.2, 0) is 0 Å². The number of rotatable bonds is 6. The van der Waals surface area contributed by atoms with Crippen LogP contribution in [0.1, 0.15) is 31.8 Å². The Labute approximate surface area is 169 Å². The van der Waals surface area contributed by atoms with Gasteiger partial charge in [0, 0.05) is 16.8 Å². The first kappa shape index (κ1) is 19.8. The lowest BCUT2D eigenvalue weighted by atomic mass is 10.1. The Morgan fingerprint density at radius 2 is 1.69 bits per heavy atom. The third kappa shape index (κ3) is 5.29. The van der Waals surface area contributed by atoms with Crippen LogP contribution in [0, 0.1) is 6.92 Å². The number of hydrogen-bond donors (Lipinski definition) is 2. The summed E-state index contributed by atoms with van der Waals surface area (Å²) in [5.74, 6) is 0.174. The molecular formula is C23H21N3O3. The van der Waals surface area contributed by atoms with E-state index in [0.717, 1.165) is 11.1 Å². The maximum Gasteiger partial charge on any atom is 0.271 e. The molecule has 0 aliphatic heterocycles. The average Bonchev–Trinajstić information content (AvgIpc) is 2.74. The molecule has 3 aromatic rings. The molecule has 0 bridgehead atoms. The molecule has 2 N–H and O–H groups in total. The van der Waals surface area contributed by atoms with Crippen molar-refractivity contribution in [2.24, 2.45) is 5.10 Å².